The molecule has 2 aromatic heterocycles. The second kappa shape index (κ2) is 7.18. The molecule has 0 bridgehead atoms. The average Bonchev–Trinajstić information content (AvgIpc) is 3.30. The zero-order chi connectivity index (χ0) is 21.7. The Morgan fingerprint density at radius 2 is 1.87 bits per heavy atom. The SMILES string of the molecule is Cc1ccc(Oc2nc3cc(-c4ccc5[nH]cc(C)c5c4)c(Cl)cc3[nH]2)cc1C(=O)O. The summed E-state index contributed by atoms with van der Waals surface area (Å²) in [5.41, 5.74) is 6.40. The van der Waals surface area contributed by atoms with Crippen LogP contribution in [0.2, 0.25) is 5.02 Å². The Balaban J connectivity index is 1.53. The molecule has 5 aromatic rings. The summed E-state index contributed by atoms with van der Waals surface area (Å²) in [6.07, 6.45) is 1.98. The molecule has 0 saturated carbocycles. The van der Waals surface area contributed by atoms with E-state index in [1.54, 1.807) is 19.1 Å². The lowest BCUT2D eigenvalue weighted by molar-refractivity contribution is 0.0695. The van der Waals surface area contributed by atoms with Crippen LogP contribution in [0.25, 0.3) is 33.1 Å². The predicted octanol–water partition coefficient (Wildman–Crippen LogP) is 6.47. The standard InChI is InChI=1S/C24H18ClN3O3/c1-12-3-5-15(8-17(12)23(29)30)31-24-27-21-9-18(19(25)10-22(21)28-24)14-4-6-20-16(7-14)13(2)11-26-20/h3-11,26H,1-2H3,(H,27,28)(H,29,30). The van der Waals surface area contributed by atoms with Crippen LogP contribution < -0.4 is 4.74 Å². The van der Waals surface area contributed by atoms with Gasteiger partial charge in [0, 0.05) is 22.7 Å². The number of halogens is 1. The smallest absolute Gasteiger partial charge is 0.336 e. The molecule has 0 spiro atoms. The summed E-state index contributed by atoms with van der Waals surface area (Å²) in [6, 6.07) is 15.1. The average molecular weight is 432 g/mol. The minimum atomic E-state index is -1.00. The number of nitrogens with one attached hydrogen (secondary N) is 2. The minimum absolute atomic E-state index is 0.189. The number of aromatic amines is 2. The number of H-pyrrole nitrogens is 2. The number of aryl methyl sites for hydroxylation is 2. The third kappa shape index (κ3) is 3.41. The number of nitrogens with zero attached hydrogens (tertiary/aromatic N) is 1. The maximum atomic E-state index is 11.4. The number of rotatable bonds is 4. The summed E-state index contributed by atoms with van der Waals surface area (Å²) in [4.78, 5) is 22.2. The van der Waals surface area contributed by atoms with Crippen molar-refractivity contribution in [3.63, 3.8) is 0 Å². The topological polar surface area (TPSA) is 91.0 Å². The fourth-order valence-corrected chi connectivity index (χ4v) is 3.98. The molecule has 0 saturated heterocycles. The van der Waals surface area contributed by atoms with Gasteiger partial charge in [-0.3, -0.25) is 0 Å². The summed E-state index contributed by atoms with van der Waals surface area (Å²) in [7, 11) is 0. The number of aromatic nitrogens is 3. The number of aromatic carboxylic acids is 1. The number of fused-ring (bicyclic) bond motifs is 2. The van der Waals surface area contributed by atoms with Gasteiger partial charge in [0.05, 0.1) is 21.6 Å². The molecule has 6 nitrogen and oxygen atoms in total. The Labute approximate surface area is 182 Å². The highest BCUT2D eigenvalue weighted by Gasteiger charge is 2.14. The Hall–Kier alpha value is -3.77. The molecule has 0 unspecified atom stereocenters. The zero-order valence-corrected chi connectivity index (χ0v) is 17.5. The number of hydrogen-bond donors (Lipinski definition) is 3. The van der Waals surface area contributed by atoms with Crippen molar-refractivity contribution >= 4 is 39.5 Å². The maximum Gasteiger partial charge on any atom is 0.336 e. The van der Waals surface area contributed by atoms with Crippen LogP contribution in [0.1, 0.15) is 21.5 Å². The van der Waals surface area contributed by atoms with Gasteiger partial charge in [-0.05, 0) is 66.9 Å². The van der Waals surface area contributed by atoms with Crippen molar-refractivity contribution in [3.8, 4) is 22.9 Å². The van der Waals surface area contributed by atoms with E-state index in [-0.39, 0.29) is 11.6 Å². The van der Waals surface area contributed by atoms with Gasteiger partial charge in [-0.25, -0.2) is 4.79 Å². The van der Waals surface area contributed by atoms with Crippen molar-refractivity contribution in [1.29, 1.82) is 0 Å². The Morgan fingerprint density at radius 1 is 1.03 bits per heavy atom. The number of benzene rings is 3. The lowest BCUT2D eigenvalue weighted by Gasteiger charge is -2.05. The van der Waals surface area contributed by atoms with Crippen LogP contribution in [0.15, 0.2) is 54.7 Å². The molecular formula is C24H18ClN3O3. The van der Waals surface area contributed by atoms with Crippen LogP contribution in [0, 0.1) is 13.8 Å². The van der Waals surface area contributed by atoms with Crippen LogP contribution in [-0.4, -0.2) is 26.0 Å². The van der Waals surface area contributed by atoms with Gasteiger partial charge < -0.3 is 19.8 Å². The van der Waals surface area contributed by atoms with Gasteiger partial charge in [0.2, 0.25) is 0 Å². The number of imidazole rings is 1. The molecule has 0 fully saturated rings. The fraction of sp³-hybridized carbons (Fsp3) is 0.0833. The van der Waals surface area contributed by atoms with Crippen LogP contribution >= 0.6 is 11.6 Å². The first kappa shape index (κ1) is 19.2. The Bertz CT molecular complexity index is 1480. The minimum Gasteiger partial charge on any atom is -0.478 e. The highest BCUT2D eigenvalue weighted by Crippen LogP contribution is 2.35. The van der Waals surface area contributed by atoms with Gasteiger partial charge in [-0.2, -0.15) is 4.98 Å². The first-order valence-electron chi connectivity index (χ1n) is 9.68. The van der Waals surface area contributed by atoms with E-state index in [9.17, 15) is 9.90 Å². The largest absolute Gasteiger partial charge is 0.478 e. The summed E-state index contributed by atoms with van der Waals surface area (Å²) in [5, 5.41) is 11.1. The van der Waals surface area contributed by atoms with E-state index in [1.165, 1.54) is 11.6 Å². The highest BCUT2D eigenvalue weighted by atomic mass is 35.5. The van der Waals surface area contributed by atoms with Crippen LogP contribution in [0.3, 0.4) is 0 Å². The molecular weight excluding hydrogens is 414 g/mol. The number of hydrogen-bond acceptors (Lipinski definition) is 3. The maximum absolute atomic E-state index is 11.4. The molecule has 0 aliphatic rings. The second-order valence-corrected chi connectivity index (χ2v) is 7.91. The van der Waals surface area contributed by atoms with Crippen molar-refractivity contribution in [2.24, 2.45) is 0 Å². The van der Waals surface area contributed by atoms with Gasteiger partial charge >= 0.3 is 5.97 Å². The van der Waals surface area contributed by atoms with Crippen LogP contribution in [-0.2, 0) is 0 Å². The molecule has 7 heteroatoms. The van der Waals surface area contributed by atoms with Crippen molar-refractivity contribution in [2.45, 2.75) is 13.8 Å². The highest BCUT2D eigenvalue weighted by molar-refractivity contribution is 6.34. The van der Waals surface area contributed by atoms with E-state index in [4.69, 9.17) is 16.3 Å². The van der Waals surface area contributed by atoms with Gasteiger partial charge in [-0.1, -0.05) is 23.7 Å². The quantitative estimate of drug-likeness (QED) is 0.304. The summed E-state index contributed by atoms with van der Waals surface area (Å²) in [5.74, 6) is -0.611. The molecule has 0 atom stereocenters. The van der Waals surface area contributed by atoms with Gasteiger partial charge in [0.15, 0.2) is 0 Å². The van der Waals surface area contributed by atoms with Gasteiger partial charge in [0.1, 0.15) is 5.75 Å². The molecule has 2 heterocycles. The van der Waals surface area contributed by atoms with E-state index in [0.717, 1.165) is 27.5 Å². The van der Waals surface area contributed by atoms with E-state index < -0.39 is 5.97 Å². The second-order valence-electron chi connectivity index (χ2n) is 7.51. The van der Waals surface area contributed by atoms with Crippen molar-refractivity contribution in [3.05, 3.63) is 76.4 Å². The Morgan fingerprint density at radius 3 is 2.68 bits per heavy atom. The number of ether oxygens (including phenoxy) is 1. The van der Waals surface area contributed by atoms with Crippen LogP contribution in [0.4, 0.5) is 0 Å². The van der Waals surface area contributed by atoms with E-state index in [1.807, 2.05) is 30.5 Å². The normalized spacial score (nSPS) is 11.3. The lowest BCUT2D eigenvalue weighted by Crippen LogP contribution is -2.00. The molecule has 5 rings (SSSR count). The molecule has 154 valence electrons. The van der Waals surface area contributed by atoms with Gasteiger partial charge in [-0.15, -0.1) is 0 Å². The monoisotopic (exact) mass is 431 g/mol. The molecule has 0 amide bonds. The Kier molecular flexibility index (Phi) is 4.45. The van der Waals surface area contributed by atoms with E-state index in [2.05, 4.69) is 27.9 Å². The number of carboxylic acid groups (broad SMARTS) is 1. The van der Waals surface area contributed by atoms with Crippen molar-refractivity contribution in [1.82, 2.24) is 15.0 Å². The fourth-order valence-electron chi connectivity index (χ4n) is 3.71. The first-order chi connectivity index (χ1) is 14.9. The van der Waals surface area contributed by atoms with Crippen molar-refractivity contribution in [2.75, 3.05) is 0 Å². The zero-order valence-electron chi connectivity index (χ0n) is 16.8. The summed E-state index contributed by atoms with van der Waals surface area (Å²) >= 11 is 6.58. The molecule has 3 N–H and O–H groups in total. The predicted molar refractivity (Wildman–Crippen MR) is 121 cm³/mol. The number of carboxylic acids is 1. The van der Waals surface area contributed by atoms with E-state index >= 15 is 0 Å². The third-order valence-corrected chi connectivity index (χ3v) is 5.72. The molecule has 31 heavy (non-hydrogen) atoms. The molecule has 0 aliphatic heterocycles. The van der Waals surface area contributed by atoms with Crippen molar-refractivity contribution < 1.29 is 14.6 Å². The van der Waals surface area contributed by atoms with Gasteiger partial charge in [0.25, 0.3) is 6.01 Å². The van der Waals surface area contributed by atoms with Crippen LogP contribution in [0.5, 0.6) is 11.8 Å². The first-order valence-corrected chi connectivity index (χ1v) is 10.1. The lowest BCUT2D eigenvalue weighted by atomic mass is 10.0. The van der Waals surface area contributed by atoms with E-state index in [0.29, 0.717) is 21.9 Å². The number of carbonyl (C=O) groups is 1. The molecule has 3 aromatic carbocycles. The molecule has 0 radical (unpaired) electrons. The summed E-state index contributed by atoms with van der Waals surface area (Å²) < 4.78 is 5.78. The molecule has 0 aliphatic carbocycles. The third-order valence-electron chi connectivity index (χ3n) is 5.40. The summed E-state index contributed by atoms with van der Waals surface area (Å²) in [6.45, 7) is 3.80.